The third-order valence-electron chi connectivity index (χ3n) is 2.11. The summed E-state index contributed by atoms with van der Waals surface area (Å²) in [5, 5.41) is 0.547. The van der Waals surface area contributed by atoms with Gasteiger partial charge in [-0.25, -0.2) is 9.18 Å². The van der Waals surface area contributed by atoms with E-state index in [0.717, 1.165) is 6.20 Å². The van der Waals surface area contributed by atoms with Gasteiger partial charge in [0.25, 0.3) is 0 Å². The van der Waals surface area contributed by atoms with Crippen LogP contribution in [0.5, 0.6) is 0 Å². The third kappa shape index (κ3) is 2.43. The minimum Gasteiger partial charge on any atom is -0.455 e. The van der Waals surface area contributed by atoms with Crippen molar-refractivity contribution in [2.24, 2.45) is 0 Å². The Bertz CT molecular complexity index is 569. The van der Waals surface area contributed by atoms with Gasteiger partial charge < -0.3 is 9.72 Å². The zero-order valence-electron chi connectivity index (χ0n) is 9.87. The van der Waals surface area contributed by atoms with Crippen LogP contribution in [0.3, 0.4) is 0 Å². The van der Waals surface area contributed by atoms with Crippen LogP contribution in [0.2, 0.25) is 0 Å². The summed E-state index contributed by atoms with van der Waals surface area (Å²) in [6, 6.07) is 1.53. The van der Waals surface area contributed by atoms with E-state index in [1.54, 1.807) is 20.8 Å². The van der Waals surface area contributed by atoms with E-state index in [1.165, 1.54) is 12.3 Å². The quantitative estimate of drug-likeness (QED) is 0.774. The Morgan fingerprint density at radius 1 is 1.41 bits per heavy atom. The van der Waals surface area contributed by atoms with Crippen LogP contribution in [0.1, 0.15) is 31.3 Å². The maximum absolute atomic E-state index is 13.4. The van der Waals surface area contributed by atoms with E-state index in [-0.39, 0.29) is 11.2 Å². The molecule has 0 saturated heterocycles. The van der Waals surface area contributed by atoms with Gasteiger partial charge in [-0.3, -0.25) is 4.98 Å². The van der Waals surface area contributed by atoms with Crippen molar-refractivity contribution < 1.29 is 13.9 Å². The van der Waals surface area contributed by atoms with Crippen molar-refractivity contribution in [1.82, 2.24) is 9.97 Å². The van der Waals surface area contributed by atoms with Crippen LogP contribution in [0.15, 0.2) is 18.5 Å². The molecule has 17 heavy (non-hydrogen) atoms. The third-order valence-corrected chi connectivity index (χ3v) is 2.11. The first kappa shape index (κ1) is 11.6. The Morgan fingerprint density at radius 3 is 2.71 bits per heavy atom. The molecule has 0 saturated carbocycles. The SMILES string of the molecule is CC(C)(C)OC(=O)c1cc2cncc(F)c2[nH]1. The van der Waals surface area contributed by atoms with Crippen LogP contribution >= 0.6 is 0 Å². The second-order valence-corrected chi connectivity index (χ2v) is 4.77. The number of ether oxygens (including phenoxy) is 1. The smallest absolute Gasteiger partial charge is 0.355 e. The maximum atomic E-state index is 13.4. The van der Waals surface area contributed by atoms with Crippen molar-refractivity contribution in [2.45, 2.75) is 26.4 Å². The first-order chi connectivity index (χ1) is 7.87. The van der Waals surface area contributed by atoms with Crippen LogP contribution in [-0.2, 0) is 4.74 Å². The number of nitrogens with one attached hydrogen (secondary N) is 1. The average Bonchev–Trinajstić information content (AvgIpc) is 2.60. The Labute approximate surface area is 97.8 Å². The van der Waals surface area contributed by atoms with E-state index < -0.39 is 17.4 Å². The predicted octanol–water partition coefficient (Wildman–Crippen LogP) is 2.66. The van der Waals surface area contributed by atoms with Crippen molar-refractivity contribution in [3.8, 4) is 0 Å². The summed E-state index contributed by atoms with van der Waals surface area (Å²) in [4.78, 5) is 18.2. The molecule has 0 radical (unpaired) electrons. The van der Waals surface area contributed by atoms with E-state index in [1.807, 2.05) is 0 Å². The highest BCUT2D eigenvalue weighted by Crippen LogP contribution is 2.19. The first-order valence-corrected chi connectivity index (χ1v) is 5.22. The Hall–Kier alpha value is -1.91. The number of esters is 1. The number of aromatic amines is 1. The second kappa shape index (κ2) is 3.84. The van der Waals surface area contributed by atoms with E-state index in [0.29, 0.717) is 5.39 Å². The minimum atomic E-state index is -0.578. The Morgan fingerprint density at radius 2 is 2.12 bits per heavy atom. The van der Waals surface area contributed by atoms with E-state index in [4.69, 9.17) is 4.74 Å². The lowest BCUT2D eigenvalue weighted by molar-refractivity contribution is 0.00639. The molecule has 0 atom stereocenters. The summed E-state index contributed by atoms with van der Waals surface area (Å²) in [5.74, 6) is -0.995. The second-order valence-electron chi connectivity index (χ2n) is 4.77. The molecule has 4 nitrogen and oxygen atoms in total. The number of nitrogens with zero attached hydrogens (tertiary/aromatic N) is 1. The molecule has 0 spiro atoms. The minimum absolute atomic E-state index is 0.224. The van der Waals surface area contributed by atoms with Crippen LogP contribution in [0.4, 0.5) is 4.39 Å². The molecule has 2 rings (SSSR count). The molecule has 0 unspecified atom stereocenters. The highest BCUT2D eigenvalue weighted by Gasteiger charge is 2.20. The molecule has 2 aromatic heterocycles. The average molecular weight is 236 g/mol. The van der Waals surface area contributed by atoms with Gasteiger partial charge in [0.1, 0.15) is 11.3 Å². The predicted molar refractivity (Wildman–Crippen MR) is 61.2 cm³/mol. The number of carbonyl (C=O) groups is 1. The van der Waals surface area contributed by atoms with Crippen molar-refractivity contribution in [1.29, 1.82) is 0 Å². The number of rotatable bonds is 1. The fourth-order valence-electron chi connectivity index (χ4n) is 1.46. The van der Waals surface area contributed by atoms with E-state index in [2.05, 4.69) is 9.97 Å². The van der Waals surface area contributed by atoms with Gasteiger partial charge in [0, 0.05) is 11.6 Å². The molecule has 1 N–H and O–H groups in total. The largest absolute Gasteiger partial charge is 0.455 e. The van der Waals surface area contributed by atoms with Gasteiger partial charge in [-0.1, -0.05) is 0 Å². The fourth-order valence-corrected chi connectivity index (χ4v) is 1.46. The zero-order chi connectivity index (χ0) is 12.6. The molecule has 0 aliphatic heterocycles. The number of carbonyl (C=O) groups excluding carboxylic acids is 1. The van der Waals surface area contributed by atoms with Gasteiger partial charge in [-0.05, 0) is 26.8 Å². The van der Waals surface area contributed by atoms with Gasteiger partial charge in [0.05, 0.1) is 11.7 Å². The lowest BCUT2D eigenvalue weighted by Crippen LogP contribution is -2.24. The molecular formula is C12H13FN2O2. The normalized spacial score (nSPS) is 11.8. The summed E-state index contributed by atoms with van der Waals surface area (Å²) in [7, 11) is 0. The molecule has 0 bridgehead atoms. The molecule has 0 aromatic carbocycles. The van der Waals surface area contributed by atoms with Crippen molar-refractivity contribution in [3.63, 3.8) is 0 Å². The van der Waals surface area contributed by atoms with E-state index in [9.17, 15) is 9.18 Å². The van der Waals surface area contributed by atoms with Crippen LogP contribution in [0, 0.1) is 5.82 Å². The molecule has 2 aromatic rings. The lowest BCUT2D eigenvalue weighted by atomic mass is 10.2. The van der Waals surface area contributed by atoms with Crippen LogP contribution in [-0.4, -0.2) is 21.5 Å². The first-order valence-electron chi connectivity index (χ1n) is 5.22. The maximum Gasteiger partial charge on any atom is 0.355 e. The Kier molecular flexibility index (Phi) is 2.61. The Balaban J connectivity index is 2.37. The summed E-state index contributed by atoms with van der Waals surface area (Å²) >= 11 is 0. The van der Waals surface area contributed by atoms with E-state index >= 15 is 0 Å². The highest BCUT2D eigenvalue weighted by atomic mass is 19.1. The number of hydrogen-bond donors (Lipinski definition) is 1. The molecule has 5 heteroatoms. The summed E-state index contributed by atoms with van der Waals surface area (Å²) in [6.07, 6.45) is 2.58. The molecule has 2 heterocycles. The molecule has 90 valence electrons. The molecule has 0 fully saturated rings. The summed E-state index contributed by atoms with van der Waals surface area (Å²) in [5.41, 5.74) is -0.0896. The summed E-state index contributed by atoms with van der Waals surface area (Å²) < 4.78 is 18.5. The summed E-state index contributed by atoms with van der Waals surface area (Å²) in [6.45, 7) is 5.32. The van der Waals surface area contributed by atoms with Crippen molar-refractivity contribution in [3.05, 3.63) is 30.0 Å². The van der Waals surface area contributed by atoms with Crippen LogP contribution < -0.4 is 0 Å². The van der Waals surface area contributed by atoms with Gasteiger partial charge in [0.2, 0.25) is 0 Å². The topological polar surface area (TPSA) is 55.0 Å². The van der Waals surface area contributed by atoms with Gasteiger partial charge >= 0.3 is 5.97 Å². The number of hydrogen-bond acceptors (Lipinski definition) is 3. The molecule has 0 amide bonds. The van der Waals surface area contributed by atoms with Crippen molar-refractivity contribution in [2.75, 3.05) is 0 Å². The van der Waals surface area contributed by atoms with Gasteiger partial charge in [-0.15, -0.1) is 0 Å². The lowest BCUT2D eigenvalue weighted by Gasteiger charge is -2.18. The standard InChI is InChI=1S/C12H13FN2O2/c1-12(2,3)17-11(16)9-4-7-5-14-6-8(13)10(7)15-9/h4-6,15H,1-3H3. The fraction of sp³-hybridized carbons (Fsp3) is 0.333. The zero-order valence-corrected chi connectivity index (χ0v) is 9.87. The van der Waals surface area contributed by atoms with Crippen LogP contribution in [0.25, 0.3) is 10.9 Å². The number of pyridine rings is 1. The highest BCUT2D eigenvalue weighted by molar-refractivity contribution is 5.94. The van der Waals surface area contributed by atoms with Crippen molar-refractivity contribution >= 4 is 16.9 Å². The van der Waals surface area contributed by atoms with Gasteiger partial charge in [-0.2, -0.15) is 0 Å². The number of halogens is 1. The monoisotopic (exact) mass is 236 g/mol. The molecular weight excluding hydrogens is 223 g/mol. The molecule has 0 aliphatic carbocycles. The van der Waals surface area contributed by atoms with Gasteiger partial charge in [0.15, 0.2) is 5.82 Å². The molecule has 0 aliphatic rings. The number of H-pyrrole nitrogens is 1. The number of fused-ring (bicyclic) bond motifs is 1. The number of aromatic nitrogens is 2.